The average Bonchev–Trinajstić information content (AvgIpc) is 2.39. The molecule has 21 heavy (non-hydrogen) atoms. The molecule has 0 saturated carbocycles. The number of benzene rings is 2. The van der Waals surface area contributed by atoms with Gasteiger partial charge in [-0.15, -0.1) is 0 Å². The normalized spacial score (nSPS) is 13.5. The molecule has 0 aliphatic heterocycles. The molecule has 0 aromatic heterocycles. The van der Waals surface area contributed by atoms with Crippen molar-refractivity contribution >= 4 is 25.7 Å². The van der Waals surface area contributed by atoms with Crippen LogP contribution in [0.4, 0.5) is 0 Å². The summed E-state index contributed by atoms with van der Waals surface area (Å²) in [5.41, 5.74) is 0. The number of rotatable bonds is 2. The van der Waals surface area contributed by atoms with E-state index in [4.69, 9.17) is 19.2 Å². The van der Waals surface area contributed by atoms with E-state index in [9.17, 15) is 14.7 Å². The van der Waals surface area contributed by atoms with Gasteiger partial charge in [0, 0.05) is 0 Å². The molecule has 0 saturated heterocycles. The Morgan fingerprint density at radius 1 is 0.667 bits per heavy atom. The van der Waals surface area contributed by atoms with Gasteiger partial charge in [0.1, 0.15) is 0 Å². The maximum atomic E-state index is 10.2. The van der Waals surface area contributed by atoms with Gasteiger partial charge >= 0.3 is 101 Å². The van der Waals surface area contributed by atoms with Crippen molar-refractivity contribution in [3.05, 3.63) is 60.7 Å². The van der Waals surface area contributed by atoms with E-state index in [0.29, 0.717) is 0 Å². The zero-order chi connectivity index (χ0) is 16.2. The van der Waals surface area contributed by atoms with Crippen LogP contribution in [0.5, 0.6) is 0 Å². The van der Waals surface area contributed by atoms with Crippen LogP contribution in [-0.4, -0.2) is 29.4 Å². The summed E-state index contributed by atoms with van der Waals surface area (Å²) >= 11 is 0. The van der Waals surface area contributed by atoms with Crippen LogP contribution < -0.4 is 10.6 Å². The first kappa shape index (κ1) is 17.9. The minimum atomic E-state index is -4.93. The van der Waals surface area contributed by atoms with Gasteiger partial charge in [-0.05, 0) is 0 Å². The molecule has 0 radical (unpaired) electrons. The minimum absolute atomic E-state index is 0.139. The van der Waals surface area contributed by atoms with Crippen LogP contribution in [0, 0.1) is 0 Å². The van der Waals surface area contributed by atoms with E-state index >= 15 is 0 Å². The van der Waals surface area contributed by atoms with Gasteiger partial charge in [-0.3, -0.25) is 0 Å². The zero-order valence-electron chi connectivity index (χ0n) is 10.8. The van der Waals surface area contributed by atoms with Crippen molar-refractivity contribution in [2.24, 2.45) is 0 Å². The molecule has 0 spiro atoms. The van der Waals surface area contributed by atoms with Gasteiger partial charge in [0.2, 0.25) is 0 Å². The Morgan fingerprint density at radius 3 is 1.14 bits per heavy atom. The summed E-state index contributed by atoms with van der Waals surface area (Å²) in [7, 11) is -9.57. The SMILES string of the molecule is O=P(O)(O)O.OP(O)(O)(c1ccccc1)c1ccccc1. The van der Waals surface area contributed by atoms with Gasteiger partial charge in [-0.25, -0.2) is 4.57 Å². The second-order valence-electron chi connectivity index (χ2n) is 4.16. The Bertz CT molecular complexity index is 565. The van der Waals surface area contributed by atoms with Crippen molar-refractivity contribution in [2.75, 3.05) is 0 Å². The van der Waals surface area contributed by atoms with Crippen molar-refractivity contribution < 1.29 is 33.9 Å². The fraction of sp³-hybridized carbons (Fsp3) is 0. The molecule has 0 aliphatic rings. The average molecular weight is 334 g/mol. The first-order valence-electron chi connectivity index (χ1n) is 5.65. The van der Waals surface area contributed by atoms with Crippen LogP contribution in [-0.2, 0) is 4.57 Å². The third kappa shape index (κ3) is 5.63. The van der Waals surface area contributed by atoms with Crippen molar-refractivity contribution in [3.63, 3.8) is 0 Å². The fourth-order valence-electron chi connectivity index (χ4n) is 1.55. The van der Waals surface area contributed by atoms with Crippen LogP contribution >= 0.6 is 15.1 Å². The van der Waals surface area contributed by atoms with Crippen molar-refractivity contribution in [1.29, 1.82) is 0 Å². The molecule has 7 nitrogen and oxygen atoms in total. The molecule has 2 aromatic rings. The van der Waals surface area contributed by atoms with Crippen LogP contribution in [0.3, 0.4) is 0 Å². The van der Waals surface area contributed by atoms with E-state index < -0.39 is 15.1 Å². The van der Waals surface area contributed by atoms with Gasteiger partial charge in [-0.1, -0.05) is 0 Å². The molecule has 116 valence electrons. The van der Waals surface area contributed by atoms with E-state index in [-0.39, 0.29) is 10.6 Å². The van der Waals surface area contributed by atoms with Gasteiger partial charge in [0.15, 0.2) is 0 Å². The predicted octanol–water partition coefficient (Wildman–Crippen LogP) is -0.0160. The molecule has 9 heteroatoms. The van der Waals surface area contributed by atoms with Crippen LogP contribution in [0.2, 0.25) is 0 Å². The summed E-state index contributed by atoms with van der Waals surface area (Å²) in [6.07, 6.45) is 0. The molecule has 6 N–H and O–H groups in total. The summed E-state index contributed by atoms with van der Waals surface area (Å²) in [6.45, 7) is 0. The van der Waals surface area contributed by atoms with Crippen molar-refractivity contribution in [1.82, 2.24) is 0 Å². The molecule has 2 aromatic carbocycles. The number of phosphoric acid groups is 1. The van der Waals surface area contributed by atoms with E-state index in [1.807, 2.05) is 0 Å². The number of hydrogen-bond acceptors (Lipinski definition) is 4. The standard InChI is InChI=1S/C12H13O3P.H3O4P/c13-16(14,15,11-7-3-1-4-8-11)12-9-5-2-6-10-12;1-5(2,3)4/h1-10,13-15H;(H3,1,2,3,4). The van der Waals surface area contributed by atoms with E-state index in [2.05, 4.69) is 0 Å². The molecule has 0 fully saturated rings. The molecular formula is C12H16O7P2. The third-order valence-corrected chi connectivity index (χ3v) is 4.96. The summed E-state index contributed by atoms with van der Waals surface area (Å²) < 4.78 is 8.88. The zero-order valence-corrected chi connectivity index (χ0v) is 12.5. The molecule has 0 unspecified atom stereocenters. The Morgan fingerprint density at radius 2 is 0.905 bits per heavy atom. The molecule has 0 atom stereocenters. The number of hydrogen-bond donors (Lipinski definition) is 6. The van der Waals surface area contributed by atoms with Gasteiger partial charge < -0.3 is 14.7 Å². The fourth-order valence-corrected chi connectivity index (χ4v) is 3.29. The van der Waals surface area contributed by atoms with Crippen LogP contribution in [0.25, 0.3) is 0 Å². The molecule has 0 bridgehead atoms. The summed E-state index contributed by atoms with van der Waals surface area (Å²) in [5.74, 6) is 0. The summed E-state index contributed by atoms with van der Waals surface area (Å²) in [4.78, 5) is 52.1. The van der Waals surface area contributed by atoms with Crippen molar-refractivity contribution in [2.45, 2.75) is 0 Å². The third-order valence-electron chi connectivity index (χ3n) is 2.46. The second-order valence-corrected chi connectivity index (χ2v) is 8.18. The van der Waals surface area contributed by atoms with Gasteiger partial charge in [0.25, 0.3) is 0 Å². The Balaban J connectivity index is 0.000000383. The van der Waals surface area contributed by atoms with E-state index in [0.717, 1.165) is 0 Å². The van der Waals surface area contributed by atoms with Gasteiger partial charge in [-0.2, -0.15) is 0 Å². The molecular weight excluding hydrogens is 318 g/mol. The predicted molar refractivity (Wildman–Crippen MR) is 80.0 cm³/mol. The summed E-state index contributed by atoms with van der Waals surface area (Å²) in [5, 5.41) is 0.277. The van der Waals surface area contributed by atoms with Crippen LogP contribution in [0.15, 0.2) is 60.7 Å². The Hall–Kier alpha value is -1.14. The molecule has 2 rings (SSSR count). The van der Waals surface area contributed by atoms with Gasteiger partial charge in [0.05, 0.1) is 0 Å². The monoisotopic (exact) mass is 334 g/mol. The topological polar surface area (TPSA) is 138 Å². The Labute approximate surface area is 121 Å². The molecule has 0 heterocycles. The summed E-state index contributed by atoms with van der Waals surface area (Å²) in [6, 6.07) is 16.1. The second kappa shape index (κ2) is 6.32. The van der Waals surface area contributed by atoms with E-state index in [1.54, 1.807) is 36.4 Å². The first-order chi connectivity index (χ1) is 9.49. The quantitative estimate of drug-likeness (QED) is 0.425. The molecule has 0 amide bonds. The van der Waals surface area contributed by atoms with Crippen molar-refractivity contribution in [3.8, 4) is 0 Å². The first-order valence-corrected chi connectivity index (χ1v) is 9.31. The molecule has 0 aliphatic carbocycles. The van der Waals surface area contributed by atoms with Crippen LogP contribution in [0.1, 0.15) is 0 Å². The maximum absolute atomic E-state index is 10.2. The van der Waals surface area contributed by atoms with E-state index in [1.165, 1.54) is 24.3 Å². The Kier molecular flexibility index (Phi) is 5.39.